The molecule has 0 saturated carbocycles. The van der Waals surface area contributed by atoms with Crippen LogP contribution in [0.5, 0.6) is 0 Å². The molecule has 1 aliphatic heterocycles. The lowest BCUT2D eigenvalue weighted by atomic mass is 10.2. The topological polar surface area (TPSA) is 34.1 Å². The Kier molecular flexibility index (Phi) is 3.87. The quantitative estimate of drug-likeness (QED) is 0.830. The summed E-state index contributed by atoms with van der Waals surface area (Å²) in [6.45, 7) is 1.96. The van der Waals surface area contributed by atoms with Gasteiger partial charge in [-0.05, 0) is 37.0 Å². The summed E-state index contributed by atoms with van der Waals surface area (Å²) in [6, 6.07) is 7.12. The lowest BCUT2D eigenvalue weighted by Gasteiger charge is -2.20. The minimum atomic E-state index is -3.15. The van der Waals surface area contributed by atoms with Gasteiger partial charge in [0.1, 0.15) is 0 Å². The number of sulfone groups is 1. The molecule has 2 nitrogen and oxygen atoms in total. The van der Waals surface area contributed by atoms with Gasteiger partial charge in [0.25, 0.3) is 0 Å². The molecule has 16 heavy (non-hydrogen) atoms. The number of hydrogen-bond acceptors (Lipinski definition) is 4. The van der Waals surface area contributed by atoms with E-state index in [1.54, 1.807) is 35.7 Å². The zero-order chi connectivity index (χ0) is 11.6. The van der Waals surface area contributed by atoms with Gasteiger partial charge in [0.2, 0.25) is 0 Å². The van der Waals surface area contributed by atoms with Crippen LogP contribution in [0.3, 0.4) is 0 Å². The fourth-order valence-electron chi connectivity index (χ4n) is 1.48. The zero-order valence-corrected chi connectivity index (χ0v) is 11.5. The maximum Gasteiger partial charge on any atom is 0.199 e. The van der Waals surface area contributed by atoms with Crippen LogP contribution in [0.4, 0.5) is 0 Å². The van der Waals surface area contributed by atoms with Crippen LogP contribution >= 0.6 is 23.5 Å². The molecule has 0 unspecified atom stereocenters. The molecule has 0 spiro atoms. The standard InChI is InChI=1S/C11H14O2S3/c1-9-3-5-10(6-4-9)16(12,13)11-14-7-2-8-15-11/h3-6,11H,2,7-8H2,1H3. The largest absolute Gasteiger partial charge is 0.222 e. The molecule has 0 aromatic heterocycles. The Morgan fingerprint density at radius 3 is 2.25 bits per heavy atom. The van der Waals surface area contributed by atoms with Crippen LogP contribution in [-0.2, 0) is 9.84 Å². The number of rotatable bonds is 2. The molecule has 1 fully saturated rings. The summed E-state index contributed by atoms with van der Waals surface area (Å²) in [4.78, 5) is 0.449. The van der Waals surface area contributed by atoms with Crippen molar-refractivity contribution in [3.05, 3.63) is 29.8 Å². The van der Waals surface area contributed by atoms with E-state index in [0.717, 1.165) is 23.5 Å². The average molecular weight is 274 g/mol. The van der Waals surface area contributed by atoms with Crippen molar-refractivity contribution in [3.8, 4) is 0 Å². The van der Waals surface area contributed by atoms with Gasteiger partial charge in [0, 0.05) is 0 Å². The molecular weight excluding hydrogens is 260 g/mol. The van der Waals surface area contributed by atoms with Crippen molar-refractivity contribution in [3.63, 3.8) is 0 Å². The summed E-state index contributed by atoms with van der Waals surface area (Å²) in [7, 11) is -3.15. The van der Waals surface area contributed by atoms with Gasteiger partial charge in [-0.2, -0.15) is 0 Å². The highest BCUT2D eigenvalue weighted by Gasteiger charge is 2.29. The van der Waals surface area contributed by atoms with Crippen molar-refractivity contribution < 1.29 is 8.42 Å². The smallest absolute Gasteiger partial charge is 0.199 e. The molecule has 0 aliphatic carbocycles. The van der Waals surface area contributed by atoms with Crippen LogP contribution in [0, 0.1) is 6.92 Å². The molecule has 0 N–H and O–H groups in total. The summed E-state index contributed by atoms with van der Waals surface area (Å²) in [5.41, 5.74) is 1.09. The van der Waals surface area contributed by atoms with Gasteiger partial charge in [0.15, 0.2) is 13.8 Å². The third-order valence-corrected chi connectivity index (χ3v) is 8.58. The third-order valence-electron chi connectivity index (χ3n) is 2.40. The first-order valence-electron chi connectivity index (χ1n) is 5.14. The van der Waals surface area contributed by atoms with E-state index in [-0.39, 0.29) is 3.91 Å². The minimum Gasteiger partial charge on any atom is -0.222 e. The SMILES string of the molecule is Cc1ccc(S(=O)(=O)C2SCCCS2)cc1. The van der Waals surface area contributed by atoms with Crippen molar-refractivity contribution in [1.82, 2.24) is 0 Å². The molecule has 1 aliphatic rings. The number of benzene rings is 1. The van der Waals surface area contributed by atoms with Crippen LogP contribution in [0.1, 0.15) is 12.0 Å². The van der Waals surface area contributed by atoms with Gasteiger partial charge in [-0.3, -0.25) is 0 Å². The highest BCUT2D eigenvalue weighted by atomic mass is 32.3. The molecule has 5 heteroatoms. The van der Waals surface area contributed by atoms with Gasteiger partial charge in [-0.1, -0.05) is 17.7 Å². The molecule has 1 heterocycles. The fourth-order valence-corrected chi connectivity index (χ4v) is 7.05. The highest BCUT2D eigenvalue weighted by molar-refractivity contribution is 8.30. The van der Waals surface area contributed by atoms with Crippen molar-refractivity contribution in [1.29, 1.82) is 0 Å². The number of hydrogen-bond donors (Lipinski definition) is 0. The molecule has 1 saturated heterocycles. The number of aryl methyl sites for hydroxylation is 1. The predicted molar refractivity (Wildman–Crippen MR) is 71.7 cm³/mol. The molecule has 1 aromatic carbocycles. The van der Waals surface area contributed by atoms with Crippen LogP contribution < -0.4 is 0 Å². The summed E-state index contributed by atoms with van der Waals surface area (Å²) >= 11 is 3.09. The minimum absolute atomic E-state index is 0.316. The number of thioether (sulfide) groups is 2. The Labute approximate surface area is 105 Å². The van der Waals surface area contributed by atoms with E-state index in [9.17, 15) is 8.42 Å². The molecular formula is C11H14O2S3. The van der Waals surface area contributed by atoms with Crippen molar-refractivity contribution >= 4 is 33.4 Å². The van der Waals surface area contributed by atoms with Gasteiger partial charge >= 0.3 is 0 Å². The second-order valence-electron chi connectivity index (χ2n) is 3.74. The maximum atomic E-state index is 12.3. The Morgan fingerprint density at radius 1 is 1.12 bits per heavy atom. The lowest BCUT2D eigenvalue weighted by Crippen LogP contribution is -2.18. The third kappa shape index (κ3) is 2.57. The first kappa shape index (κ1) is 12.3. The Bertz CT molecular complexity index is 445. The van der Waals surface area contributed by atoms with E-state index in [2.05, 4.69) is 0 Å². The van der Waals surface area contributed by atoms with Crippen LogP contribution in [0.2, 0.25) is 0 Å². The molecule has 88 valence electrons. The molecule has 0 radical (unpaired) electrons. The normalized spacial score (nSPS) is 18.6. The summed E-state index contributed by atoms with van der Waals surface area (Å²) in [6.07, 6.45) is 1.11. The van der Waals surface area contributed by atoms with E-state index in [1.807, 2.05) is 19.1 Å². The Hall–Kier alpha value is -0.130. The molecule has 0 amide bonds. The lowest BCUT2D eigenvalue weighted by molar-refractivity contribution is 0.599. The second kappa shape index (κ2) is 5.02. The van der Waals surface area contributed by atoms with Crippen LogP contribution in [-0.4, -0.2) is 23.8 Å². The van der Waals surface area contributed by atoms with Crippen molar-refractivity contribution in [2.24, 2.45) is 0 Å². The van der Waals surface area contributed by atoms with E-state index < -0.39 is 9.84 Å². The molecule has 0 atom stereocenters. The monoisotopic (exact) mass is 274 g/mol. The summed E-state index contributed by atoms with van der Waals surface area (Å²) < 4.78 is 24.2. The van der Waals surface area contributed by atoms with Gasteiger partial charge in [-0.15, -0.1) is 23.5 Å². The van der Waals surface area contributed by atoms with Gasteiger partial charge < -0.3 is 0 Å². The fraction of sp³-hybridized carbons (Fsp3) is 0.455. The maximum absolute atomic E-state index is 12.3. The zero-order valence-electron chi connectivity index (χ0n) is 9.05. The van der Waals surface area contributed by atoms with Gasteiger partial charge in [-0.25, -0.2) is 8.42 Å². The van der Waals surface area contributed by atoms with Crippen molar-refractivity contribution in [2.45, 2.75) is 22.2 Å². The first-order valence-corrected chi connectivity index (χ1v) is 8.79. The predicted octanol–water partition coefficient (Wildman–Crippen LogP) is 2.92. The van der Waals surface area contributed by atoms with Crippen LogP contribution in [0.15, 0.2) is 29.2 Å². The Morgan fingerprint density at radius 2 is 1.69 bits per heavy atom. The summed E-state index contributed by atoms with van der Waals surface area (Å²) in [5, 5.41) is 0. The van der Waals surface area contributed by atoms with E-state index in [1.165, 1.54) is 0 Å². The van der Waals surface area contributed by atoms with E-state index >= 15 is 0 Å². The van der Waals surface area contributed by atoms with Crippen LogP contribution in [0.25, 0.3) is 0 Å². The van der Waals surface area contributed by atoms with E-state index in [4.69, 9.17) is 0 Å². The average Bonchev–Trinajstić information content (AvgIpc) is 2.31. The molecule has 2 rings (SSSR count). The first-order chi connectivity index (χ1) is 7.60. The summed E-state index contributed by atoms with van der Waals surface area (Å²) in [5.74, 6) is 1.89. The highest BCUT2D eigenvalue weighted by Crippen LogP contribution is 2.37. The van der Waals surface area contributed by atoms with E-state index in [0.29, 0.717) is 4.90 Å². The second-order valence-corrected chi connectivity index (χ2v) is 9.10. The Balaban J connectivity index is 2.27. The molecule has 1 aromatic rings. The molecule has 0 bridgehead atoms. The van der Waals surface area contributed by atoms with Crippen molar-refractivity contribution in [2.75, 3.05) is 11.5 Å². The van der Waals surface area contributed by atoms with Gasteiger partial charge in [0.05, 0.1) is 4.90 Å².